The first kappa shape index (κ1) is 17.6. The summed E-state index contributed by atoms with van der Waals surface area (Å²) in [5, 5.41) is 6.38. The van der Waals surface area contributed by atoms with E-state index in [9.17, 15) is 14.0 Å². The number of carbonyl (C=O) groups excluding carboxylic acids is 2. The monoisotopic (exact) mass is 360 g/mol. The highest BCUT2D eigenvalue weighted by molar-refractivity contribution is 7.08. The molecule has 1 fully saturated rings. The Balaban J connectivity index is 1.60. The van der Waals surface area contributed by atoms with Crippen molar-refractivity contribution in [3.05, 3.63) is 58.0 Å². The molecule has 0 aliphatic heterocycles. The van der Waals surface area contributed by atoms with Crippen molar-refractivity contribution in [1.29, 1.82) is 0 Å². The molecule has 2 amide bonds. The van der Waals surface area contributed by atoms with Crippen LogP contribution in [0.3, 0.4) is 0 Å². The standard InChI is InChI=1S/C19H21FN2O2S/c1-13(16-4-2-3-5-17(16)20)22(15-6-7-15)18(23)8-10-21-19(24)14-9-11-25-12-14/h2-5,9,11-13,15H,6-8,10H2,1H3,(H,21,24). The molecule has 1 aliphatic carbocycles. The molecule has 1 saturated carbocycles. The number of halogens is 1. The van der Waals surface area contributed by atoms with Gasteiger partial charge in [-0.15, -0.1) is 0 Å². The minimum Gasteiger partial charge on any atom is -0.351 e. The molecule has 0 bridgehead atoms. The minimum atomic E-state index is -0.311. The van der Waals surface area contributed by atoms with Crippen LogP contribution < -0.4 is 5.32 Å². The fourth-order valence-corrected chi connectivity index (χ4v) is 3.60. The second kappa shape index (κ2) is 7.78. The van der Waals surface area contributed by atoms with Crippen LogP contribution >= 0.6 is 11.3 Å². The van der Waals surface area contributed by atoms with Crippen LogP contribution in [0.4, 0.5) is 4.39 Å². The zero-order valence-corrected chi connectivity index (χ0v) is 14.9. The Morgan fingerprint density at radius 1 is 1.32 bits per heavy atom. The van der Waals surface area contributed by atoms with Gasteiger partial charge in [0.1, 0.15) is 5.82 Å². The van der Waals surface area contributed by atoms with Crippen molar-refractivity contribution < 1.29 is 14.0 Å². The van der Waals surface area contributed by atoms with Gasteiger partial charge in [0.15, 0.2) is 0 Å². The van der Waals surface area contributed by atoms with E-state index in [1.165, 1.54) is 17.4 Å². The van der Waals surface area contributed by atoms with Crippen LogP contribution in [0.5, 0.6) is 0 Å². The van der Waals surface area contributed by atoms with Gasteiger partial charge in [-0.05, 0) is 37.3 Å². The zero-order chi connectivity index (χ0) is 17.8. The molecule has 1 atom stereocenters. The van der Waals surface area contributed by atoms with Crippen molar-refractivity contribution in [2.24, 2.45) is 0 Å². The Kier molecular flexibility index (Phi) is 5.48. The van der Waals surface area contributed by atoms with Gasteiger partial charge in [-0.2, -0.15) is 11.3 Å². The summed E-state index contributed by atoms with van der Waals surface area (Å²) in [5.41, 5.74) is 1.14. The molecular formula is C19H21FN2O2S. The molecule has 1 aromatic heterocycles. The van der Waals surface area contributed by atoms with Gasteiger partial charge >= 0.3 is 0 Å². The third-order valence-corrected chi connectivity index (χ3v) is 5.09. The van der Waals surface area contributed by atoms with Crippen molar-refractivity contribution in [3.8, 4) is 0 Å². The van der Waals surface area contributed by atoms with E-state index in [-0.39, 0.29) is 42.7 Å². The molecule has 1 aliphatic rings. The van der Waals surface area contributed by atoms with E-state index in [0.29, 0.717) is 11.1 Å². The van der Waals surface area contributed by atoms with Gasteiger partial charge in [0.25, 0.3) is 5.91 Å². The fourth-order valence-electron chi connectivity index (χ4n) is 2.96. The summed E-state index contributed by atoms with van der Waals surface area (Å²) < 4.78 is 14.1. The summed E-state index contributed by atoms with van der Waals surface area (Å²) in [6.45, 7) is 2.14. The first-order chi connectivity index (χ1) is 12.1. The maximum atomic E-state index is 14.1. The van der Waals surface area contributed by atoms with E-state index in [1.54, 1.807) is 34.5 Å². The number of nitrogens with one attached hydrogen (secondary N) is 1. The topological polar surface area (TPSA) is 49.4 Å². The molecular weight excluding hydrogens is 339 g/mol. The number of carbonyl (C=O) groups is 2. The smallest absolute Gasteiger partial charge is 0.252 e. The predicted octanol–water partition coefficient (Wildman–Crippen LogP) is 3.76. The molecule has 3 rings (SSSR count). The lowest BCUT2D eigenvalue weighted by Gasteiger charge is -2.30. The molecule has 0 spiro atoms. The second-order valence-corrected chi connectivity index (χ2v) is 7.03. The summed E-state index contributed by atoms with van der Waals surface area (Å²) in [4.78, 5) is 26.4. The van der Waals surface area contributed by atoms with Gasteiger partial charge in [-0.3, -0.25) is 9.59 Å². The molecule has 4 nitrogen and oxygen atoms in total. The normalized spacial score (nSPS) is 14.8. The molecule has 0 radical (unpaired) electrons. The molecule has 2 aromatic rings. The zero-order valence-electron chi connectivity index (χ0n) is 14.1. The summed E-state index contributed by atoms with van der Waals surface area (Å²) >= 11 is 1.46. The quantitative estimate of drug-likeness (QED) is 0.817. The number of nitrogens with zero attached hydrogens (tertiary/aromatic N) is 1. The van der Waals surface area contributed by atoms with E-state index >= 15 is 0 Å². The van der Waals surface area contributed by atoms with E-state index in [4.69, 9.17) is 0 Å². The van der Waals surface area contributed by atoms with Gasteiger partial charge in [-0.25, -0.2) is 4.39 Å². The number of amides is 2. The summed E-state index contributed by atoms with van der Waals surface area (Å²) in [7, 11) is 0. The maximum absolute atomic E-state index is 14.1. The van der Waals surface area contributed by atoms with Crippen molar-refractivity contribution >= 4 is 23.2 Å². The number of rotatable bonds is 7. The van der Waals surface area contributed by atoms with E-state index < -0.39 is 0 Å². The van der Waals surface area contributed by atoms with Crippen molar-refractivity contribution in [1.82, 2.24) is 10.2 Å². The van der Waals surface area contributed by atoms with Crippen LogP contribution in [0.15, 0.2) is 41.1 Å². The molecule has 25 heavy (non-hydrogen) atoms. The van der Waals surface area contributed by atoms with Gasteiger partial charge in [-0.1, -0.05) is 18.2 Å². The number of hydrogen-bond donors (Lipinski definition) is 1. The Morgan fingerprint density at radius 2 is 2.08 bits per heavy atom. The van der Waals surface area contributed by atoms with Crippen molar-refractivity contribution in [3.63, 3.8) is 0 Å². The Labute approximate surface area is 150 Å². The highest BCUT2D eigenvalue weighted by Gasteiger charge is 2.36. The molecule has 0 saturated heterocycles. The summed E-state index contributed by atoms with van der Waals surface area (Å²) in [6.07, 6.45) is 2.11. The molecule has 1 unspecified atom stereocenters. The van der Waals surface area contributed by atoms with Crippen LogP contribution in [0, 0.1) is 5.82 Å². The van der Waals surface area contributed by atoms with Gasteiger partial charge in [0.2, 0.25) is 5.91 Å². The minimum absolute atomic E-state index is 0.0520. The van der Waals surface area contributed by atoms with E-state index in [0.717, 1.165) is 12.8 Å². The number of hydrogen-bond acceptors (Lipinski definition) is 3. The number of thiophene rings is 1. The van der Waals surface area contributed by atoms with Crippen LogP contribution in [0.2, 0.25) is 0 Å². The SMILES string of the molecule is CC(c1ccccc1F)N(C(=O)CCNC(=O)c1ccsc1)C1CC1. The first-order valence-electron chi connectivity index (χ1n) is 8.44. The van der Waals surface area contributed by atoms with Crippen molar-refractivity contribution in [2.75, 3.05) is 6.54 Å². The summed E-state index contributed by atoms with van der Waals surface area (Å²) in [6, 6.07) is 8.19. The van der Waals surface area contributed by atoms with Gasteiger partial charge in [0, 0.05) is 35.5 Å². The average molecular weight is 360 g/mol. The Bertz CT molecular complexity index is 744. The lowest BCUT2D eigenvalue weighted by Crippen LogP contribution is -2.38. The van der Waals surface area contributed by atoms with Gasteiger partial charge in [0.05, 0.1) is 6.04 Å². The molecule has 1 aromatic carbocycles. The molecule has 1 heterocycles. The number of benzene rings is 1. The molecule has 6 heteroatoms. The van der Waals surface area contributed by atoms with Crippen LogP contribution in [0.1, 0.15) is 48.1 Å². The van der Waals surface area contributed by atoms with Crippen LogP contribution in [-0.2, 0) is 4.79 Å². The maximum Gasteiger partial charge on any atom is 0.252 e. The lowest BCUT2D eigenvalue weighted by molar-refractivity contribution is -0.133. The van der Waals surface area contributed by atoms with E-state index in [2.05, 4.69) is 5.32 Å². The van der Waals surface area contributed by atoms with Crippen LogP contribution in [-0.4, -0.2) is 29.3 Å². The Morgan fingerprint density at radius 3 is 2.72 bits per heavy atom. The third-order valence-electron chi connectivity index (χ3n) is 4.41. The predicted molar refractivity (Wildman–Crippen MR) is 96.0 cm³/mol. The molecule has 1 N–H and O–H groups in total. The average Bonchev–Trinajstić information content (AvgIpc) is 3.26. The van der Waals surface area contributed by atoms with Crippen LogP contribution in [0.25, 0.3) is 0 Å². The molecule has 132 valence electrons. The van der Waals surface area contributed by atoms with E-state index in [1.807, 2.05) is 12.3 Å². The highest BCUT2D eigenvalue weighted by atomic mass is 32.1. The largest absolute Gasteiger partial charge is 0.351 e. The second-order valence-electron chi connectivity index (χ2n) is 6.25. The van der Waals surface area contributed by atoms with Crippen molar-refractivity contribution in [2.45, 2.75) is 38.3 Å². The van der Waals surface area contributed by atoms with Gasteiger partial charge < -0.3 is 10.2 Å². The lowest BCUT2D eigenvalue weighted by atomic mass is 10.1. The highest BCUT2D eigenvalue weighted by Crippen LogP contribution is 2.35. The first-order valence-corrected chi connectivity index (χ1v) is 9.38. The summed E-state index contributed by atoms with van der Waals surface area (Å²) in [5.74, 6) is -0.516. The third kappa shape index (κ3) is 4.25. The Hall–Kier alpha value is -2.21. The fraction of sp³-hybridized carbons (Fsp3) is 0.368.